The summed E-state index contributed by atoms with van der Waals surface area (Å²) in [7, 11) is 3.27. The van der Waals surface area contributed by atoms with Crippen molar-refractivity contribution in [2.45, 2.75) is 33.3 Å². The summed E-state index contributed by atoms with van der Waals surface area (Å²) < 4.78 is 18.5. The first kappa shape index (κ1) is 26.4. The van der Waals surface area contributed by atoms with Crippen molar-refractivity contribution >= 4 is 17.4 Å². The number of aromatic nitrogens is 2. The molecule has 39 heavy (non-hydrogen) atoms. The number of carbonyl (C=O) groups is 1. The van der Waals surface area contributed by atoms with E-state index in [-0.39, 0.29) is 6.09 Å². The lowest BCUT2D eigenvalue weighted by Crippen LogP contribution is -2.50. The van der Waals surface area contributed by atoms with Crippen molar-refractivity contribution < 1.29 is 19.0 Å². The molecule has 1 amide bonds. The van der Waals surface area contributed by atoms with E-state index in [9.17, 15) is 4.79 Å². The number of benzene rings is 2. The quantitative estimate of drug-likeness (QED) is 0.314. The van der Waals surface area contributed by atoms with Crippen LogP contribution in [0.5, 0.6) is 11.5 Å². The number of aryl methyl sites for hydroxylation is 1. The number of hydrogen-bond acceptors (Lipinski definition) is 6. The summed E-state index contributed by atoms with van der Waals surface area (Å²) in [6.07, 6.45) is 3.93. The fourth-order valence-electron chi connectivity index (χ4n) is 4.90. The van der Waals surface area contributed by atoms with Crippen LogP contribution < -0.4 is 14.4 Å². The van der Waals surface area contributed by atoms with E-state index in [1.165, 1.54) is 0 Å². The number of amides is 1. The van der Waals surface area contributed by atoms with Crippen LogP contribution in [0.3, 0.4) is 0 Å². The zero-order valence-corrected chi connectivity index (χ0v) is 23.5. The molecule has 0 saturated carbocycles. The summed E-state index contributed by atoms with van der Waals surface area (Å²) in [5, 5.41) is 0. The molecule has 0 aliphatic carbocycles. The third-order valence-electron chi connectivity index (χ3n) is 6.91. The van der Waals surface area contributed by atoms with Gasteiger partial charge in [0.2, 0.25) is 0 Å². The predicted octanol–water partition coefficient (Wildman–Crippen LogP) is 6.05. The molecule has 8 heteroatoms. The van der Waals surface area contributed by atoms with Crippen LogP contribution in [0.2, 0.25) is 0 Å². The monoisotopic (exact) mass is 528 g/mol. The van der Waals surface area contributed by atoms with E-state index in [1.807, 2.05) is 45.2 Å². The molecule has 2 aromatic heterocycles. The van der Waals surface area contributed by atoms with Crippen LogP contribution >= 0.6 is 0 Å². The normalized spacial score (nSPS) is 14.0. The minimum atomic E-state index is -0.479. The molecule has 1 aliphatic heterocycles. The fraction of sp³-hybridized carbons (Fsp3) is 0.355. The number of carbonyl (C=O) groups excluding carboxylic acids is 1. The Labute approximate surface area is 229 Å². The van der Waals surface area contributed by atoms with Crippen molar-refractivity contribution in [2.24, 2.45) is 0 Å². The summed E-state index contributed by atoms with van der Waals surface area (Å²) >= 11 is 0. The van der Waals surface area contributed by atoms with Gasteiger partial charge in [0.05, 0.1) is 19.9 Å². The largest absolute Gasteiger partial charge is 0.493 e. The molecule has 1 saturated heterocycles. The Morgan fingerprint density at radius 3 is 2.13 bits per heavy atom. The first-order chi connectivity index (χ1) is 18.6. The topological polar surface area (TPSA) is 68.5 Å². The first-order valence-corrected chi connectivity index (χ1v) is 13.2. The molecule has 1 fully saturated rings. The van der Waals surface area contributed by atoms with Gasteiger partial charge >= 0.3 is 6.09 Å². The van der Waals surface area contributed by atoms with Crippen LogP contribution in [0.4, 0.5) is 10.5 Å². The molecule has 3 heterocycles. The number of pyridine rings is 1. The lowest BCUT2D eigenvalue weighted by Gasteiger charge is -2.36. The predicted molar refractivity (Wildman–Crippen MR) is 154 cm³/mol. The number of methoxy groups -OCH3 is 2. The van der Waals surface area contributed by atoms with Crippen LogP contribution in [-0.2, 0) is 4.74 Å². The molecule has 0 unspecified atom stereocenters. The van der Waals surface area contributed by atoms with Crippen molar-refractivity contribution in [3.63, 3.8) is 0 Å². The molecule has 4 aromatic rings. The summed E-state index contributed by atoms with van der Waals surface area (Å²) in [6.45, 7) is 10.6. The van der Waals surface area contributed by atoms with Crippen LogP contribution in [0.25, 0.3) is 28.0 Å². The smallest absolute Gasteiger partial charge is 0.410 e. The highest BCUT2D eigenvalue weighted by Gasteiger charge is 2.26. The fourth-order valence-corrected chi connectivity index (χ4v) is 4.90. The van der Waals surface area contributed by atoms with E-state index in [1.54, 1.807) is 19.1 Å². The van der Waals surface area contributed by atoms with Gasteiger partial charge in [-0.2, -0.15) is 0 Å². The second kappa shape index (κ2) is 10.5. The Balaban J connectivity index is 1.32. The van der Waals surface area contributed by atoms with Gasteiger partial charge in [-0.1, -0.05) is 12.1 Å². The number of hydrogen-bond donors (Lipinski definition) is 0. The van der Waals surface area contributed by atoms with Gasteiger partial charge in [-0.3, -0.25) is 0 Å². The summed E-state index contributed by atoms with van der Waals surface area (Å²) in [5.41, 5.74) is 6.79. The van der Waals surface area contributed by atoms with E-state index < -0.39 is 5.60 Å². The average Bonchev–Trinajstić information content (AvgIpc) is 3.37. The standard InChI is InChI=1S/C31H36N4O4/c1-21-17-24(19-35-20-26(32-29(21)35)23-9-12-27(37-5)28(18-23)38-6)22-7-10-25(11-8-22)33-13-15-34(16-14-33)30(36)39-31(2,3)4/h7-12,17-20H,13-16H2,1-6H3. The molecule has 1 aliphatic rings. The Morgan fingerprint density at radius 2 is 1.49 bits per heavy atom. The molecule has 0 N–H and O–H groups in total. The molecular weight excluding hydrogens is 492 g/mol. The number of anilines is 1. The zero-order chi connectivity index (χ0) is 27.7. The second-order valence-electron chi connectivity index (χ2n) is 10.8. The number of nitrogens with zero attached hydrogens (tertiary/aromatic N) is 4. The lowest BCUT2D eigenvalue weighted by atomic mass is 10.1. The maximum absolute atomic E-state index is 12.4. The number of imidazole rings is 1. The SMILES string of the molecule is COc1ccc(-c2cn3cc(-c4ccc(N5CCN(C(=O)OC(C)(C)C)CC5)cc4)cc(C)c3n2)cc1OC. The molecule has 8 nitrogen and oxygen atoms in total. The first-order valence-electron chi connectivity index (χ1n) is 13.2. The maximum Gasteiger partial charge on any atom is 0.410 e. The van der Waals surface area contributed by atoms with Gasteiger partial charge in [0.1, 0.15) is 11.2 Å². The maximum atomic E-state index is 12.4. The van der Waals surface area contributed by atoms with Gasteiger partial charge in [0.25, 0.3) is 0 Å². The minimum Gasteiger partial charge on any atom is -0.493 e. The highest BCUT2D eigenvalue weighted by atomic mass is 16.6. The Morgan fingerprint density at radius 1 is 0.821 bits per heavy atom. The van der Waals surface area contributed by atoms with Crippen molar-refractivity contribution in [3.05, 3.63) is 66.5 Å². The molecule has 204 valence electrons. The highest BCUT2D eigenvalue weighted by molar-refractivity contribution is 5.72. The molecule has 2 aromatic carbocycles. The number of fused-ring (bicyclic) bond motifs is 1. The number of piperazine rings is 1. The average molecular weight is 529 g/mol. The molecule has 0 radical (unpaired) electrons. The molecule has 0 atom stereocenters. The van der Waals surface area contributed by atoms with E-state index in [0.29, 0.717) is 24.6 Å². The Hall–Kier alpha value is -4.20. The van der Waals surface area contributed by atoms with E-state index >= 15 is 0 Å². The van der Waals surface area contributed by atoms with E-state index in [4.69, 9.17) is 19.2 Å². The van der Waals surface area contributed by atoms with Gasteiger partial charge in [-0.05, 0) is 80.8 Å². The molecule has 5 rings (SSSR count). The van der Waals surface area contributed by atoms with Crippen LogP contribution in [-0.4, -0.2) is 66.4 Å². The summed E-state index contributed by atoms with van der Waals surface area (Å²) in [5.74, 6) is 1.37. The molecule has 0 spiro atoms. The van der Waals surface area contributed by atoms with Crippen LogP contribution in [0.15, 0.2) is 60.9 Å². The van der Waals surface area contributed by atoms with E-state index in [2.05, 4.69) is 52.8 Å². The minimum absolute atomic E-state index is 0.239. The van der Waals surface area contributed by atoms with Gasteiger partial charge in [0, 0.05) is 49.8 Å². The van der Waals surface area contributed by atoms with Crippen LogP contribution in [0, 0.1) is 6.92 Å². The van der Waals surface area contributed by atoms with E-state index in [0.717, 1.165) is 52.4 Å². The third-order valence-corrected chi connectivity index (χ3v) is 6.91. The zero-order valence-electron chi connectivity index (χ0n) is 23.5. The third kappa shape index (κ3) is 5.65. The van der Waals surface area contributed by atoms with Gasteiger partial charge in [-0.15, -0.1) is 0 Å². The van der Waals surface area contributed by atoms with Gasteiger partial charge in [0.15, 0.2) is 11.5 Å². The number of ether oxygens (including phenoxy) is 3. The Kier molecular flexibility index (Phi) is 7.12. The summed E-state index contributed by atoms with van der Waals surface area (Å²) in [6, 6.07) is 16.6. The lowest BCUT2D eigenvalue weighted by molar-refractivity contribution is 0.0240. The van der Waals surface area contributed by atoms with Crippen LogP contribution in [0.1, 0.15) is 26.3 Å². The second-order valence-corrected chi connectivity index (χ2v) is 10.8. The van der Waals surface area contributed by atoms with Crippen molar-refractivity contribution in [3.8, 4) is 33.9 Å². The summed E-state index contributed by atoms with van der Waals surface area (Å²) in [4.78, 5) is 21.4. The van der Waals surface area contributed by atoms with Crippen molar-refractivity contribution in [2.75, 3.05) is 45.3 Å². The molecule has 0 bridgehead atoms. The highest BCUT2D eigenvalue weighted by Crippen LogP contribution is 2.33. The molecular formula is C31H36N4O4. The van der Waals surface area contributed by atoms with Gasteiger partial charge < -0.3 is 28.4 Å². The Bertz CT molecular complexity index is 1480. The van der Waals surface area contributed by atoms with Crippen molar-refractivity contribution in [1.29, 1.82) is 0 Å². The number of rotatable bonds is 5. The van der Waals surface area contributed by atoms with Crippen molar-refractivity contribution in [1.82, 2.24) is 14.3 Å². The van der Waals surface area contributed by atoms with Gasteiger partial charge in [-0.25, -0.2) is 9.78 Å².